The number of nitrogens with zero attached hydrogens (tertiary/aromatic N) is 1. The van der Waals surface area contributed by atoms with Gasteiger partial charge in [0.1, 0.15) is 16.3 Å². The lowest BCUT2D eigenvalue weighted by molar-refractivity contribution is 0.0693. The van der Waals surface area contributed by atoms with Crippen LogP contribution in [0.4, 0.5) is 10.1 Å². The molecule has 0 heterocycles. The molecule has 0 aliphatic carbocycles. The fraction of sp³-hybridized carbons (Fsp3) is 0.133. The average molecular weight is 339 g/mol. The zero-order valence-corrected chi connectivity index (χ0v) is 13.1. The van der Waals surface area contributed by atoms with Gasteiger partial charge in [-0.1, -0.05) is 12.1 Å². The molecule has 0 saturated heterocycles. The Morgan fingerprint density at radius 2 is 1.83 bits per heavy atom. The SMILES string of the molecule is Cc1cc(C(=O)O)c(O)c(S(=O)(=O)N(C)c2ccccc2F)c1. The minimum atomic E-state index is -4.34. The molecule has 8 heteroatoms. The summed E-state index contributed by atoms with van der Waals surface area (Å²) in [6, 6.07) is 7.52. The van der Waals surface area contributed by atoms with Crippen molar-refractivity contribution in [2.24, 2.45) is 0 Å². The van der Waals surface area contributed by atoms with Gasteiger partial charge in [0, 0.05) is 7.05 Å². The highest BCUT2D eigenvalue weighted by atomic mass is 32.2. The third kappa shape index (κ3) is 2.98. The maximum atomic E-state index is 13.8. The Bertz CT molecular complexity index is 879. The molecule has 122 valence electrons. The van der Waals surface area contributed by atoms with Crippen LogP contribution in [-0.2, 0) is 10.0 Å². The first-order valence-corrected chi connectivity index (χ1v) is 7.90. The number of carbonyl (C=O) groups is 1. The number of rotatable bonds is 4. The average Bonchev–Trinajstić information content (AvgIpc) is 2.48. The van der Waals surface area contributed by atoms with Gasteiger partial charge in [0.25, 0.3) is 10.0 Å². The van der Waals surface area contributed by atoms with Gasteiger partial charge in [-0.3, -0.25) is 4.31 Å². The largest absolute Gasteiger partial charge is 0.506 e. The molecule has 6 nitrogen and oxygen atoms in total. The summed E-state index contributed by atoms with van der Waals surface area (Å²) in [6.07, 6.45) is 0. The number of carboxylic acids is 1. The molecule has 0 aliphatic heterocycles. The molecule has 0 saturated carbocycles. The van der Waals surface area contributed by atoms with Crippen LogP contribution in [-0.4, -0.2) is 31.6 Å². The van der Waals surface area contributed by atoms with Crippen LogP contribution in [0.25, 0.3) is 0 Å². The summed E-state index contributed by atoms with van der Waals surface area (Å²) in [5.74, 6) is -3.10. The van der Waals surface area contributed by atoms with Gasteiger partial charge in [-0.05, 0) is 36.8 Å². The van der Waals surface area contributed by atoms with Crippen molar-refractivity contribution in [1.29, 1.82) is 0 Å². The Hall–Kier alpha value is -2.61. The topological polar surface area (TPSA) is 94.9 Å². The number of hydrogen-bond donors (Lipinski definition) is 2. The van der Waals surface area contributed by atoms with E-state index in [9.17, 15) is 22.7 Å². The number of sulfonamides is 1. The monoisotopic (exact) mass is 339 g/mol. The Morgan fingerprint density at radius 3 is 2.39 bits per heavy atom. The first-order chi connectivity index (χ1) is 10.7. The van der Waals surface area contributed by atoms with Crippen molar-refractivity contribution in [2.45, 2.75) is 11.8 Å². The molecule has 0 fully saturated rings. The van der Waals surface area contributed by atoms with E-state index in [1.165, 1.54) is 25.1 Å². The van der Waals surface area contributed by atoms with E-state index in [4.69, 9.17) is 5.11 Å². The molecular weight excluding hydrogens is 325 g/mol. The first-order valence-electron chi connectivity index (χ1n) is 6.46. The molecule has 0 bridgehead atoms. The number of aryl methyl sites for hydroxylation is 1. The number of halogens is 1. The van der Waals surface area contributed by atoms with E-state index in [1.54, 1.807) is 0 Å². The van der Waals surface area contributed by atoms with Crippen molar-refractivity contribution in [1.82, 2.24) is 0 Å². The van der Waals surface area contributed by atoms with Crippen molar-refractivity contribution < 1.29 is 27.8 Å². The number of benzene rings is 2. The lowest BCUT2D eigenvalue weighted by Crippen LogP contribution is -2.27. The standard InChI is InChI=1S/C15H14FNO5S/c1-9-7-10(15(19)20)14(18)13(8-9)23(21,22)17(2)12-6-4-3-5-11(12)16/h3-8,18H,1-2H3,(H,19,20). The summed E-state index contributed by atoms with van der Waals surface area (Å²) in [7, 11) is -3.22. The summed E-state index contributed by atoms with van der Waals surface area (Å²) in [5, 5.41) is 19.1. The van der Waals surface area contributed by atoms with Gasteiger partial charge >= 0.3 is 5.97 Å². The normalized spacial score (nSPS) is 11.3. The fourth-order valence-corrected chi connectivity index (χ4v) is 3.48. The number of aromatic carboxylic acids is 1. The Kier molecular flexibility index (Phi) is 4.28. The molecule has 0 atom stereocenters. The van der Waals surface area contributed by atoms with Crippen LogP contribution in [0.1, 0.15) is 15.9 Å². The highest BCUT2D eigenvalue weighted by Crippen LogP contribution is 2.33. The van der Waals surface area contributed by atoms with Crippen LogP contribution in [0, 0.1) is 12.7 Å². The molecule has 2 aromatic carbocycles. The van der Waals surface area contributed by atoms with E-state index in [2.05, 4.69) is 0 Å². The number of aromatic hydroxyl groups is 1. The highest BCUT2D eigenvalue weighted by Gasteiger charge is 2.29. The zero-order chi connectivity index (χ0) is 17.4. The van der Waals surface area contributed by atoms with Gasteiger partial charge in [-0.25, -0.2) is 17.6 Å². The minimum Gasteiger partial charge on any atom is -0.506 e. The second-order valence-electron chi connectivity index (χ2n) is 4.89. The van der Waals surface area contributed by atoms with E-state index in [0.717, 1.165) is 25.2 Å². The Labute approximate surface area is 132 Å². The van der Waals surface area contributed by atoms with Crippen molar-refractivity contribution in [3.05, 3.63) is 53.3 Å². The van der Waals surface area contributed by atoms with Gasteiger partial charge in [0.15, 0.2) is 5.75 Å². The van der Waals surface area contributed by atoms with Crippen molar-refractivity contribution in [3.8, 4) is 5.75 Å². The fourth-order valence-electron chi connectivity index (χ4n) is 2.09. The van der Waals surface area contributed by atoms with Crippen molar-refractivity contribution in [2.75, 3.05) is 11.4 Å². The molecule has 2 N–H and O–H groups in total. The van der Waals surface area contributed by atoms with Crippen molar-refractivity contribution in [3.63, 3.8) is 0 Å². The number of para-hydroxylation sites is 1. The maximum absolute atomic E-state index is 13.8. The van der Waals surface area contributed by atoms with E-state index < -0.39 is 38.0 Å². The van der Waals surface area contributed by atoms with E-state index in [1.807, 2.05) is 0 Å². The molecule has 0 radical (unpaired) electrons. The van der Waals surface area contributed by atoms with Crippen LogP contribution in [0.15, 0.2) is 41.3 Å². The quantitative estimate of drug-likeness (QED) is 0.892. The van der Waals surface area contributed by atoms with Crippen LogP contribution < -0.4 is 4.31 Å². The summed E-state index contributed by atoms with van der Waals surface area (Å²) in [4.78, 5) is 10.5. The van der Waals surface area contributed by atoms with Crippen LogP contribution >= 0.6 is 0 Å². The van der Waals surface area contributed by atoms with Crippen LogP contribution in [0.3, 0.4) is 0 Å². The van der Waals surface area contributed by atoms with Gasteiger partial charge < -0.3 is 10.2 Å². The van der Waals surface area contributed by atoms with E-state index in [0.29, 0.717) is 9.87 Å². The molecule has 0 unspecified atom stereocenters. The maximum Gasteiger partial charge on any atom is 0.339 e. The molecule has 0 amide bonds. The second-order valence-corrected chi connectivity index (χ2v) is 6.83. The summed E-state index contributed by atoms with van der Waals surface area (Å²) >= 11 is 0. The first kappa shape index (κ1) is 16.8. The smallest absolute Gasteiger partial charge is 0.339 e. The van der Waals surface area contributed by atoms with Gasteiger partial charge in [0.05, 0.1) is 5.69 Å². The molecule has 2 rings (SSSR count). The molecule has 0 aromatic heterocycles. The molecular formula is C15H14FNO5S. The highest BCUT2D eigenvalue weighted by molar-refractivity contribution is 7.93. The summed E-state index contributed by atoms with van der Waals surface area (Å²) < 4.78 is 39.7. The Balaban J connectivity index is 2.65. The third-order valence-electron chi connectivity index (χ3n) is 3.28. The van der Waals surface area contributed by atoms with Crippen LogP contribution in [0.5, 0.6) is 5.75 Å². The van der Waals surface area contributed by atoms with Gasteiger partial charge in [-0.15, -0.1) is 0 Å². The number of anilines is 1. The number of carboxylic acid groups (broad SMARTS) is 1. The molecule has 2 aromatic rings. The molecule has 0 aliphatic rings. The van der Waals surface area contributed by atoms with Crippen molar-refractivity contribution >= 4 is 21.7 Å². The second kappa shape index (κ2) is 5.88. The lowest BCUT2D eigenvalue weighted by Gasteiger charge is -2.21. The van der Waals surface area contributed by atoms with E-state index >= 15 is 0 Å². The predicted octanol–water partition coefficient (Wildman–Crippen LogP) is 2.36. The Morgan fingerprint density at radius 1 is 1.22 bits per heavy atom. The number of phenols is 1. The molecule has 23 heavy (non-hydrogen) atoms. The van der Waals surface area contributed by atoms with Gasteiger partial charge in [-0.2, -0.15) is 0 Å². The zero-order valence-electron chi connectivity index (χ0n) is 12.3. The van der Waals surface area contributed by atoms with Gasteiger partial charge in [0.2, 0.25) is 0 Å². The molecule has 0 spiro atoms. The predicted molar refractivity (Wildman–Crippen MR) is 81.8 cm³/mol. The summed E-state index contributed by atoms with van der Waals surface area (Å²) in [6.45, 7) is 1.49. The summed E-state index contributed by atoms with van der Waals surface area (Å²) in [5.41, 5.74) is -0.420. The van der Waals surface area contributed by atoms with Crippen LogP contribution in [0.2, 0.25) is 0 Å². The third-order valence-corrected chi connectivity index (χ3v) is 5.06. The van der Waals surface area contributed by atoms with E-state index in [-0.39, 0.29) is 5.69 Å². The minimum absolute atomic E-state index is 0.217. The number of hydrogen-bond acceptors (Lipinski definition) is 4. The lowest BCUT2D eigenvalue weighted by atomic mass is 10.1.